The third-order valence-electron chi connectivity index (χ3n) is 2.72. The van der Waals surface area contributed by atoms with Gasteiger partial charge < -0.3 is 0 Å². The van der Waals surface area contributed by atoms with Crippen LogP contribution in [0.4, 0.5) is 0 Å². The largest absolute Gasteiger partial charge is 0.117 e. The van der Waals surface area contributed by atoms with Crippen LogP contribution in [0.25, 0.3) is 0 Å². The maximum absolute atomic E-state index is 3.24. The average molecular weight is 196 g/mol. The lowest BCUT2D eigenvalue weighted by Gasteiger charge is -1.99. The number of rotatable bonds is 6. The van der Waals surface area contributed by atoms with Gasteiger partial charge in [0.05, 0.1) is 0 Å². The lowest BCUT2D eigenvalue weighted by molar-refractivity contribution is 0.682. The van der Waals surface area contributed by atoms with Crippen molar-refractivity contribution in [3.05, 3.63) is 59.1 Å². The van der Waals surface area contributed by atoms with Gasteiger partial charge in [0.2, 0.25) is 0 Å². The SMILES string of the molecule is C1=CC=CC=1CCCCCC1=C=CC=C1. The molecule has 2 aliphatic carbocycles. The highest BCUT2D eigenvalue weighted by Crippen LogP contribution is 2.16. The highest BCUT2D eigenvalue weighted by atomic mass is 14.0. The molecule has 0 aromatic rings. The van der Waals surface area contributed by atoms with Gasteiger partial charge in [-0.1, -0.05) is 30.7 Å². The van der Waals surface area contributed by atoms with E-state index in [0.717, 1.165) is 0 Å². The molecule has 0 N–H and O–H groups in total. The summed E-state index contributed by atoms with van der Waals surface area (Å²) in [6.45, 7) is 0. The topological polar surface area (TPSA) is 0 Å². The summed E-state index contributed by atoms with van der Waals surface area (Å²) in [7, 11) is 0. The molecule has 2 aliphatic rings. The molecule has 15 heavy (non-hydrogen) atoms. The van der Waals surface area contributed by atoms with Gasteiger partial charge >= 0.3 is 0 Å². The second-order valence-corrected chi connectivity index (χ2v) is 3.95. The van der Waals surface area contributed by atoms with Gasteiger partial charge in [-0.05, 0) is 49.0 Å². The van der Waals surface area contributed by atoms with E-state index in [-0.39, 0.29) is 0 Å². The summed E-state index contributed by atoms with van der Waals surface area (Å²) >= 11 is 0. The van der Waals surface area contributed by atoms with Gasteiger partial charge in [-0.3, -0.25) is 0 Å². The van der Waals surface area contributed by atoms with Crippen LogP contribution in [0.2, 0.25) is 0 Å². The van der Waals surface area contributed by atoms with Crippen LogP contribution < -0.4 is 0 Å². The van der Waals surface area contributed by atoms with E-state index in [0.29, 0.717) is 0 Å². The highest BCUT2D eigenvalue weighted by molar-refractivity contribution is 5.29. The molecule has 0 heteroatoms. The van der Waals surface area contributed by atoms with Crippen molar-refractivity contribution < 1.29 is 0 Å². The minimum atomic E-state index is 1.18. The molecule has 0 fully saturated rings. The van der Waals surface area contributed by atoms with Crippen LogP contribution in [-0.2, 0) is 0 Å². The van der Waals surface area contributed by atoms with Crippen molar-refractivity contribution in [3.63, 3.8) is 0 Å². The van der Waals surface area contributed by atoms with E-state index in [2.05, 4.69) is 35.8 Å². The number of hydrogen-bond acceptors (Lipinski definition) is 0. The fraction of sp³-hybridized carbons (Fsp3) is 0.333. The Bertz CT molecular complexity index is 363. The molecule has 0 spiro atoms. The van der Waals surface area contributed by atoms with Crippen molar-refractivity contribution in [1.82, 2.24) is 0 Å². The van der Waals surface area contributed by atoms with Gasteiger partial charge in [-0.15, -0.1) is 11.5 Å². The molecule has 0 atom stereocenters. The van der Waals surface area contributed by atoms with E-state index < -0.39 is 0 Å². The molecule has 0 aromatic heterocycles. The molecule has 0 bridgehead atoms. The molecule has 0 radical (unpaired) electrons. The Labute approximate surface area is 91.7 Å². The first-order chi connectivity index (χ1) is 7.45. The van der Waals surface area contributed by atoms with Crippen LogP contribution in [0.1, 0.15) is 32.1 Å². The van der Waals surface area contributed by atoms with Gasteiger partial charge in [0, 0.05) is 0 Å². The molecule has 0 unspecified atom stereocenters. The summed E-state index contributed by atoms with van der Waals surface area (Å²) < 4.78 is 0. The summed E-state index contributed by atoms with van der Waals surface area (Å²) in [6, 6.07) is 0. The Hall–Kier alpha value is -1.48. The Morgan fingerprint density at radius 1 is 0.733 bits per heavy atom. The van der Waals surface area contributed by atoms with Crippen LogP contribution in [0.3, 0.4) is 0 Å². The molecule has 0 aliphatic heterocycles. The highest BCUT2D eigenvalue weighted by Gasteiger charge is 1.97. The van der Waals surface area contributed by atoms with Crippen molar-refractivity contribution >= 4 is 0 Å². The predicted molar refractivity (Wildman–Crippen MR) is 64.6 cm³/mol. The normalized spacial score (nSPS) is 16.3. The molecule has 0 amide bonds. The van der Waals surface area contributed by atoms with Crippen molar-refractivity contribution in [2.24, 2.45) is 0 Å². The van der Waals surface area contributed by atoms with Crippen LogP contribution >= 0.6 is 0 Å². The molecule has 0 heterocycles. The monoisotopic (exact) mass is 196 g/mol. The maximum Gasteiger partial charge on any atom is -0.00601 e. The van der Waals surface area contributed by atoms with E-state index in [9.17, 15) is 0 Å². The van der Waals surface area contributed by atoms with Crippen molar-refractivity contribution in [1.29, 1.82) is 0 Å². The van der Waals surface area contributed by atoms with Crippen LogP contribution in [0.5, 0.6) is 0 Å². The smallest absolute Gasteiger partial charge is 0.00601 e. The third-order valence-corrected chi connectivity index (χ3v) is 2.72. The van der Waals surface area contributed by atoms with E-state index in [4.69, 9.17) is 0 Å². The predicted octanol–water partition coefficient (Wildman–Crippen LogP) is 4.24. The first-order valence-corrected chi connectivity index (χ1v) is 5.70. The summed E-state index contributed by atoms with van der Waals surface area (Å²) in [5.74, 6) is 0. The lowest BCUT2D eigenvalue weighted by atomic mass is 10.1. The first-order valence-electron chi connectivity index (χ1n) is 5.70. The maximum atomic E-state index is 3.24. The summed E-state index contributed by atoms with van der Waals surface area (Å²) in [4.78, 5) is 0. The Kier molecular flexibility index (Phi) is 3.63. The Morgan fingerprint density at radius 3 is 1.67 bits per heavy atom. The van der Waals surface area contributed by atoms with Crippen molar-refractivity contribution in [2.45, 2.75) is 32.1 Å². The fourth-order valence-corrected chi connectivity index (χ4v) is 1.85. The zero-order valence-electron chi connectivity index (χ0n) is 9.00. The zero-order chi connectivity index (χ0) is 10.3. The summed E-state index contributed by atoms with van der Waals surface area (Å²) in [6.07, 6.45) is 18.6. The van der Waals surface area contributed by atoms with Gasteiger partial charge in [0.25, 0.3) is 0 Å². The average Bonchev–Trinajstić information content (AvgIpc) is 2.88. The van der Waals surface area contributed by atoms with Gasteiger partial charge in [-0.25, -0.2) is 0 Å². The van der Waals surface area contributed by atoms with Gasteiger partial charge in [0.15, 0.2) is 0 Å². The lowest BCUT2D eigenvalue weighted by Crippen LogP contribution is -1.81. The molecular weight excluding hydrogens is 180 g/mol. The Balaban J connectivity index is 1.56. The van der Waals surface area contributed by atoms with E-state index in [1.807, 2.05) is 12.2 Å². The van der Waals surface area contributed by atoms with Gasteiger partial charge in [0.1, 0.15) is 0 Å². The zero-order valence-corrected chi connectivity index (χ0v) is 9.00. The molecular formula is C15H16. The minimum Gasteiger partial charge on any atom is -0.117 e. The molecule has 0 nitrogen and oxygen atoms in total. The number of hydrogen-bond donors (Lipinski definition) is 0. The molecule has 76 valence electrons. The standard InChI is InChI=1S/C15H16/c1(2-8-14-10-4-5-11-14)3-9-15-12-6-7-13-15/h4-7,10,12H,1-3,8-9H2. The molecule has 0 saturated heterocycles. The molecule has 0 aromatic carbocycles. The van der Waals surface area contributed by atoms with Crippen molar-refractivity contribution in [3.8, 4) is 0 Å². The number of allylic oxidation sites excluding steroid dienone is 6. The fourth-order valence-electron chi connectivity index (χ4n) is 1.85. The van der Waals surface area contributed by atoms with Crippen molar-refractivity contribution in [2.75, 3.05) is 0 Å². The quantitative estimate of drug-likeness (QED) is 0.440. The second kappa shape index (κ2) is 5.41. The summed E-state index contributed by atoms with van der Waals surface area (Å²) in [5.41, 5.74) is 9.18. The van der Waals surface area contributed by atoms with Crippen LogP contribution in [0.15, 0.2) is 59.1 Å². The second-order valence-electron chi connectivity index (χ2n) is 3.95. The van der Waals surface area contributed by atoms with Gasteiger partial charge in [-0.2, -0.15) is 0 Å². The number of unbranched alkanes of at least 4 members (excludes halogenated alkanes) is 2. The van der Waals surface area contributed by atoms with Crippen LogP contribution in [0, 0.1) is 0 Å². The molecule has 0 saturated carbocycles. The van der Waals surface area contributed by atoms with E-state index in [1.54, 1.807) is 0 Å². The first kappa shape index (κ1) is 10.1. The van der Waals surface area contributed by atoms with E-state index >= 15 is 0 Å². The summed E-state index contributed by atoms with van der Waals surface area (Å²) in [5, 5.41) is 0. The molecule has 2 rings (SSSR count). The van der Waals surface area contributed by atoms with E-state index in [1.165, 1.54) is 43.3 Å². The Morgan fingerprint density at radius 2 is 1.27 bits per heavy atom. The minimum absolute atomic E-state index is 1.18. The van der Waals surface area contributed by atoms with Crippen LogP contribution in [-0.4, -0.2) is 0 Å². The third kappa shape index (κ3) is 3.29.